The number of rotatable bonds is 2. The molecule has 2 heteroatoms. The standard InChI is InChI=1S/C14H16ClN/c1-9(2)10(3)13-8-7-11-12(15)5-4-6-14(11)16-13/h4-10H,1-3H3. The third-order valence-corrected chi connectivity index (χ3v) is 3.50. The number of benzene rings is 1. The van der Waals surface area contributed by atoms with Gasteiger partial charge in [-0.25, -0.2) is 0 Å². The summed E-state index contributed by atoms with van der Waals surface area (Å²) in [6.07, 6.45) is 0. The average molecular weight is 234 g/mol. The number of pyridine rings is 1. The van der Waals surface area contributed by atoms with E-state index in [2.05, 4.69) is 37.9 Å². The molecule has 0 bridgehead atoms. The molecule has 1 aromatic carbocycles. The normalized spacial score (nSPS) is 13.3. The molecule has 0 fully saturated rings. The van der Waals surface area contributed by atoms with Crippen molar-refractivity contribution < 1.29 is 0 Å². The van der Waals surface area contributed by atoms with Gasteiger partial charge in [0.15, 0.2) is 0 Å². The molecule has 0 aliphatic carbocycles. The van der Waals surface area contributed by atoms with Crippen molar-refractivity contribution in [3.05, 3.63) is 41.0 Å². The van der Waals surface area contributed by atoms with Gasteiger partial charge in [-0.05, 0) is 30.2 Å². The fourth-order valence-electron chi connectivity index (χ4n) is 1.73. The first-order chi connectivity index (χ1) is 7.59. The third-order valence-electron chi connectivity index (χ3n) is 3.17. The highest BCUT2D eigenvalue weighted by Gasteiger charge is 2.12. The van der Waals surface area contributed by atoms with Crippen molar-refractivity contribution in [2.24, 2.45) is 5.92 Å². The van der Waals surface area contributed by atoms with Gasteiger partial charge in [0.2, 0.25) is 0 Å². The Hall–Kier alpha value is -1.08. The van der Waals surface area contributed by atoms with Crippen LogP contribution in [0.2, 0.25) is 5.02 Å². The number of aromatic nitrogens is 1. The van der Waals surface area contributed by atoms with E-state index in [1.807, 2.05) is 18.2 Å². The van der Waals surface area contributed by atoms with Crippen LogP contribution in [0.3, 0.4) is 0 Å². The summed E-state index contributed by atoms with van der Waals surface area (Å²) in [4.78, 5) is 4.67. The molecule has 1 atom stereocenters. The average Bonchev–Trinajstić information content (AvgIpc) is 2.28. The number of halogens is 1. The van der Waals surface area contributed by atoms with Gasteiger partial charge < -0.3 is 0 Å². The number of fused-ring (bicyclic) bond motifs is 1. The van der Waals surface area contributed by atoms with Gasteiger partial charge in [-0.3, -0.25) is 4.98 Å². The van der Waals surface area contributed by atoms with Gasteiger partial charge in [0, 0.05) is 22.0 Å². The summed E-state index contributed by atoms with van der Waals surface area (Å²) >= 11 is 6.11. The largest absolute Gasteiger partial charge is 0.252 e. The van der Waals surface area contributed by atoms with Crippen LogP contribution < -0.4 is 0 Å². The van der Waals surface area contributed by atoms with E-state index in [0.29, 0.717) is 11.8 Å². The van der Waals surface area contributed by atoms with Gasteiger partial charge in [0.25, 0.3) is 0 Å². The van der Waals surface area contributed by atoms with Crippen molar-refractivity contribution in [3.63, 3.8) is 0 Å². The topological polar surface area (TPSA) is 12.9 Å². The Kier molecular flexibility index (Phi) is 3.15. The molecule has 1 heterocycles. The summed E-state index contributed by atoms with van der Waals surface area (Å²) in [6.45, 7) is 6.65. The minimum Gasteiger partial charge on any atom is -0.252 e. The molecule has 1 aromatic heterocycles. The van der Waals surface area contributed by atoms with Gasteiger partial charge >= 0.3 is 0 Å². The second kappa shape index (κ2) is 4.42. The molecule has 0 saturated carbocycles. The molecule has 0 spiro atoms. The molecule has 84 valence electrons. The lowest BCUT2D eigenvalue weighted by molar-refractivity contribution is 0.525. The summed E-state index contributed by atoms with van der Waals surface area (Å²) in [5, 5.41) is 1.80. The second-order valence-corrected chi connectivity index (χ2v) is 4.98. The Bertz CT molecular complexity index is 505. The summed E-state index contributed by atoms with van der Waals surface area (Å²) in [5.41, 5.74) is 2.13. The first-order valence-corrected chi connectivity index (χ1v) is 6.02. The van der Waals surface area contributed by atoms with Crippen molar-refractivity contribution in [3.8, 4) is 0 Å². The van der Waals surface area contributed by atoms with Crippen molar-refractivity contribution >= 4 is 22.5 Å². The lowest BCUT2D eigenvalue weighted by Gasteiger charge is -2.15. The fourth-order valence-corrected chi connectivity index (χ4v) is 1.96. The maximum Gasteiger partial charge on any atom is 0.0720 e. The molecule has 0 saturated heterocycles. The molecule has 0 amide bonds. The quantitative estimate of drug-likeness (QED) is 0.736. The lowest BCUT2D eigenvalue weighted by Crippen LogP contribution is -2.04. The second-order valence-electron chi connectivity index (χ2n) is 4.58. The van der Waals surface area contributed by atoms with Crippen LogP contribution in [-0.4, -0.2) is 4.98 Å². The molecule has 2 aromatic rings. The van der Waals surface area contributed by atoms with E-state index in [-0.39, 0.29) is 0 Å². The minimum atomic E-state index is 0.475. The first-order valence-electron chi connectivity index (χ1n) is 5.64. The Morgan fingerprint density at radius 3 is 2.50 bits per heavy atom. The Morgan fingerprint density at radius 2 is 1.81 bits per heavy atom. The SMILES string of the molecule is CC(C)C(C)c1ccc2c(Cl)cccc2n1. The Morgan fingerprint density at radius 1 is 1.06 bits per heavy atom. The zero-order chi connectivity index (χ0) is 11.7. The minimum absolute atomic E-state index is 0.475. The Labute approximate surface area is 101 Å². The maximum absolute atomic E-state index is 6.11. The predicted molar refractivity (Wildman–Crippen MR) is 70.0 cm³/mol. The summed E-state index contributed by atoms with van der Waals surface area (Å²) in [6, 6.07) is 10.0. The monoisotopic (exact) mass is 233 g/mol. The van der Waals surface area contributed by atoms with Crippen LogP contribution in [0, 0.1) is 5.92 Å². The predicted octanol–water partition coefficient (Wildman–Crippen LogP) is 4.65. The van der Waals surface area contributed by atoms with E-state index >= 15 is 0 Å². The molecule has 16 heavy (non-hydrogen) atoms. The van der Waals surface area contributed by atoms with Crippen molar-refractivity contribution in [2.75, 3.05) is 0 Å². The number of hydrogen-bond donors (Lipinski definition) is 0. The smallest absolute Gasteiger partial charge is 0.0720 e. The molecular formula is C14H16ClN. The Balaban J connectivity index is 2.53. The van der Waals surface area contributed by atoms with Crippen LogP contribution in [0.1, 0.15) is 32.4 Å². The highest BCUT2D eigenvalue weighted by molar-refractivity contribution is 6.35. The van der Waals surface area contributed by atoms with Crippen molar-refractivity contribution in [2.45, 2.75) is 26.7 Å². The molecule has 0 radical (unpaired) electrons. The summed E-state index contributed by atoms with van der Waals surface area (Å²) < 4.78 is 0. The highest BCUT2D eigenvalue weighted by atomic mass is 35.5. The molecule has 0 N–H and O–H groups in total. The van der Waals surface area contributed by atoms with Crippen LogP contribution in [0.15, 0.2) is 30.3 Å². The summed E-state index contributed by atoms with van der Waals surface area (Å²) in [5.74, 6) is 1.08. The zero-order valence-corrected chi connectivity index (χ0v) is 10.6. The molecule has 0 aliphatic heterocycles. The van der Waals surface area contributed by atoms with E-state index in [9.17, 15) is 0 Å². The van der Waals surface area contributed by atoms with Crippen LogP contribution >= 0.6 is 11.6 Å². The molecular weight excluding hydrogens is 218 g/mol. The number of hydrogen-bond acceptors (Lipinski definition) is 1. The van der Waals surface area contributed by atoms with E-state index < -0.39 is 0 Å². The highest BCUT2D eigenvalue weighted by Crippen LogP contribution is 2.27. The van der Waals surface area contributed by atoms with Crippen LogP contribution in [0.4, 0.5) is 0 Å². The van der Waals surface area contributed by atoms with Gasteiger partial charge in [-0.15, -0.1) is 0 Å². The fraction of sp³-hybridized carbons (Fsp3) is 0.357. The van der Waals surface area contributed by atoms with Gasteiger partial charge in [-0.1, -0.05) is 38.4 Å². The van der Waals surface area contributed by atoms with Gasteiger partial charge in [-0.2, -0.15) is 0 Å². The van der Waals surface area contributed by atoms with Crippen LogP contribution in [-0.2, 0) is 0 Å². The van der Waals surface area contributed by atoms with Crippen LogP contribution in [0.25, 0.3) is 10.9 Å². The lowest BCUT2D eigenvalue weighted by atomic mass is 9.94. The molecule has 0 aliphatic rings. The molecule has 1 unspecified atom stereocenters. The maximum atomic E-state index is 6.11. The third kappa shape index (κ3) is 2.05. The van der Waals surface area contributed by atoms with E-state index in [1.165, 1.54) is 0 Å². The van der Waals surface area contributed by atoms with Crippen molar-refractivity contribution in [1.82, 2.24) is 4.98 Å². The number of nitrogens with zero attached hydrogens (tertiary/aromatic N) is 1. The van der Waals surface area contributed by atoms with E-state index in [0.717, 1.165) is 21.6 Å². The van der Waals surface area contributed by atoms with E-state index in [1.54, 1.807) is 0 Å². The van der Waals surface area contributed by atoms with Crippen molar-refractivity contribution in [1.29, 1.82) is 0 Å². The van der Waals surface area contributed by atoms with Gasteiger partial charge in [0.05, 0.1) is 5.52 Å². The zero-order valence-electron chi connectivity index (χ0n) is 9.87. The first kappa shape index (κ1) is 11.4. The summed E-state index contributed by atoms with van der Waals surface area (Å²) in [7, 11) is 0. The van der Waals surface area contributed by atoms with E-state index in [4.69, 9.17) is 11.6 Å². The molecule has 1 nitrogen and oxygen atoms in total. The van der Waals surface area contributed by atoms with Gasteiger partial charge in [0.1, 0.15) is 0 Å². The molecule has 2 rings (SSSR count). The van der Waals surface area contributed by atoms with Crippen LogP contribution in [0.5, 0.6) is 0 Å².